The van der Waals surface area contributed by atoms with E-state index in [1.165, 1.54) is 9.13 Å². The Bertz CT molecular complexity index is 1240. The molecule has 0 aliphatic heterocycles. The molecule has 0 atom stereocenters. The molecule has 0 radical (unpaired) electrons. The van der Waals surface area contributed by atoms with Gasteiger partial charge in [0.15, 0.2) is 0 Å². The van der Waals surface area contributed by atoms with E-state index in [0.29, 0.717) is 45.4 Å². The third-order valence-electron chi connectivity index (χ3n) is 4.70. The first-order valence-electron chi connectivity index (χ1n) is 7.83. The van der Waals surface area contributed by atoms with Crippen LogP contribution < -0.4 is 22.2 Å². The van der Waals surface area contributed by atoms with Gasteiger partial charge in [0, 0.05) is 13.1 Å². The quantitative estimate of drug-likeness (QED) is 0.554. The van der Waals surface area contributed by atoms with Crippen molar-refractivity contribution in [3.8, 4) is 0 Å². The summed E-state index contributed by atoms with van der Waals surface area (Å²) in [6.45, 7) is 4.06. The molecule has 0 bridgehead atoms. The molecule has 4 rings (SSSR count). The van der Waals surface area contributed by atoms with Crippen LogP contribution in [-0.2, 0) is 13.1 Å². The number of aromatic nitrogens is 2. The standard InChI is InChI=1S/C18H14N2O4/c1-3-19-15(21)11-7-5-10-9(13(11)17(19)23)6-8-12-14(10)18(24)20(4-2)16(12)22/h5-8H,3-4H2,1-2H3. The van der Waals surface area contributed by atoms with E-state index in [1.807, 2.05) is 0 Å². The molecule has 0 fully saturated rings. The van der Waals surface area contributed by atoms with Crippen molar-refractivity contribution in [1.29, 1.82) is 0 Å². The van der Waals surface area contributed by atoms with Crippen LogP contribution >= 0.6 is 0 Å². The minimum Gasteiger partial charge on any atom is -0.275 e. The van der Waals surface area contributed by atoms with Gasteiger partial charge in [-0.2, -0.15) is 0 Å². The molecule has 0 aliphatic carbocycles. The summed E-state index contributed by atoms with van der Waals surface area (Å²) in [6.07, 6.45) is 0. The lowest BCUT2D eigenvalue weighted by atomic mass is 10.0. The van der Waals surface area contributed by atoms with E-state index < -0.39 is 0 Å². The summed E-state index contributed by atoms with van der Waals surface area (Å²) in [6, 6.07) is 6.45. The molecule has 0 unspecified atom stereocenters. The molecule has 6 nitrogen and oxygen atoms in total. The van der Waals surface area contributed by atoms with Crippen LogP contribution in [0.4, 0.5) is 0 Å². The topological polar surface area (TPSA) is 78.1 Å². The van der Waals surface area contributed by atoms with Crippen molar-refractivity contribution in [3.63, 3.8) is 0 Å². The summed E-state index contributed by atoms with van der Waals surface area (Å²) in [7, 11) is 0. The molecule has 2 heterocycles. The monoisotopic (exact) mass is 322 g/mol. The Labute approximate surface area is 134 Å². The third kappa shape index (κ3) is 1.55. The van der Waals surface area contributed by atoms with Crippen LogP contribution in [0.15, 0.2) is 43.4 Å². The second-order valence-corrected chi connectivity index (χ2v) is 5.78. The van der Waals surface area contributed by atoms with E-state index in [2.05, 4.69) is 0 Å². The zero-order valence-electron chi connectivity index (χ0n) is 13.3. The van der Waals surface area contributed by atoms with Crippen molar-refractivity contribution in [2.75, 3.05) is 0 Å². The van der Waals surface area contributed by atoms with E-state index in [-0.39, 0.29) is 22.2 Å². The fourth-order valence-electron chi connectivity index (χ4n) is 3.54. The highest BCUT2D eigenvalue weighted by Crippen LogP contribution is 2.26. The Hall–Kier alpha value is -3.02. The van der Waals surface area contributed by atoms with Crippen molar-refractivity contribution < 1.29 is 0 Å². The number of hydrogen-bond donors (Lipinski definition) is 0. The van der Waals surface area contributed by atoms with Crippen LogP contribution in [0.3, 0.4) is 0 Å². The van der Waals surface area contributed by atoms with Crippen molar-refractivity contribution >= 4 is 32.3 Å². The summed E-state index contributed by atoms with van der Waals surface area (Å²) in [4.78, 5) is 49.7. The number of rotatable bonds is 2. The van der Waals surface area contributed by atoms with E-state index in [1.54, 1.807) is 38.1 Å². The summed E-state index contributed by atoms with van der Waals surface area (Å²) < 4.78 is 2.37. The van der Waals surface area contributed by atoms with E-state index in [0.717, 1.165) is 0 Å². The number of hydrogen-bond acceptors (Lipinski definition) is 4. The Kier molecular flexibility index (Phi) is 2.87. The minimum absolute atomic E-state index is 0.291. The van der Waals surface area contributed by atoms with Gasteiger partial charge in [-0.25, -0.2) is 0 Å². The molecular formula is C18H14N2O4. The van der Waals surface area contributed by atoms with Gasteiger partial charge < -0.3 is 0 Å². The van der Waals surface area contributed by atoms with Crippen molar-refractivity contribution in [3.05, 3.63) is 65.7 Å². The Morgan fingerprint density at radius 1 is 0.583 bits per heavy atom. The van der Waals surface area contributed by atoms with Gasteiger partial charge in [-0.1, -0.05) is 12.1 Å². The molecule has 0 N–H and O–H groups in total. The van der Waals surface area contributed by atoms with Gasteiger partial charge in [0.25, 0.3) is 22.2 Å². The van der Waals surface area contributed by atoms with Crippen LogP contribution in [0.5, 0.6) is 0 Å². The number of benzene rings is 2. The molecule has 2 aromatic heterocycles. The van der Waals surface area contributed by atoms with Gasteiger partial charge >= 0.3 is 0 Å². The Morgan fingerprint density at radius 3 is 1.25 bits per heavy atom. The molecule has 120 valence electrons. The molecule has 0 aliphatic rings. The highest BCUT2D eigenvalue weighted by atomic mass is 16.2. The van der Waals surface area contributed by atoms with Gasteiger partial charge in [0.05, 0.1) is 21.5 Å². The number of fused-ring (bicyclic) bond motifs is 5. The van der Waals surface area contributed by atoms with Crippen molar-refractivity contribution in [2.45, 2.75) is 26.9 Å². The van der Waals surface area contributed by atoms with Crippen LogP contribution in [0, 0.1) is 0 Å². The van der Waals surface area contributed by atoms with Crippen molar-refractivity contribution in [2.24, 2.45) is 0 Å². The first-order valence-corrected chi connectivity index (χ1v) is 7.83. The lowest BCUT2D eigenvalue weighted by molar-refractivity contribution is 0.722. The normalized spacial score (nSPS) is 11.9. The molecule has 0 spiro atoms. The smallest absolute Gasteiger partial charge is 0.262 e. The summed E-state index contributed by atoms with van der Waals surface area (Å²) in [5, 5.41) is 2.41. The molecule has 2 aromatic carbocycles. The lowest BCUT2D eigenvalue weighted by Crippen LogP contribution is -2.24. The SMILES string of the molecule is CCn1c(=O)c2ccc3c(ccc4c(=O)n(CC)c(=O)c43)c2c1=O. The average molecular weight is 322 g/mol. The molecule has 4 aromatic rings. The molecule has 0 amide bonds. The second kappa shape index (κ2) is 4.74. The van der Waals surface area contributed by atoms with Gasteiger partial charge in [-0.3, -0.25) is 28.3 Å². The van der Waals surface area contributed by atoms with Crippen LogP contribution in [0.2, 0.25) is 0 Å². The summed E-state index contributed by atoms with van der Waals surface area (Å²) in [5.41, 5.74) is -1.35. The largest absolute Gasteiger partial charge is 0.275 e. The van der Waals surface area contributed by atoms with Gasteiger partial charge in [0.2, 0.25) is 0 Å². The first-order chi connectivity index (χ1) is 11.5. The predicted octanol–water partition coefficient (Wildman–Crippen LogP) is 1.11. The molecular weight excluding hydrogens is 308 g/mol. The third-order valence-corrected chi connectivity index (χ3v) is 4.70. The van der Waals surface area contributed by atoms with Gasteiger partial charge in [-0.05, 0) is 36.8 Å². The second-order valence-electron chi connectivity index (χ2n) is 5.78. The fourth-order valence-corrected chi connectivity index (χ4v) is 3.54. The highest BCUT2D eigenvalue weighted by Gasteiger charge is 2.19. The molecule has 6 heteroatoms. The van der Waals surface area contributed by atoms with Crippen LogP contribution in [0.25, 0.3) is 32.3 Å². The lowest BCUT2D eigenvalue weighted by Gasteiger charge is -1.99. The maximum Gasteiger partial charge on any atom is 0.262 e. The molecule has 0 saturated heterocycles. The highest BCUT2D eigenvalue weighted by molar-refractivity contribution is 6.16. The zero-order valence-corrected chi connectivity index (χ0v) is 13.3. The summed E-state index contributed by atoms with van der Waals surface area (Å²) in [5.74, 6) is 0. The van der Waals surface area contributed by atoms with Gasteiger partial charge in [0.1, 0.15) is 0 Å². The van der Waals surface area contributed by atoms with Gasteiger partial charge in [-0.15, -0.1) is 0 Å². The van der Waals surface area contributed by atoms with E-state index >= 15 is 0 Å². The molecule has 0 saturated carbocycles. The first kappa shape index (κ1) is 14.6. The zero-order chi connectivity index (χ0) is 17.2. The average Bonchev–Trinajstić information content (AvgIpc) is 2.98. The Balaban J connectivity index is 2.35. The van der Waals surface area contributed by atoms with Crippen LogP contribution in [0.1, 0.15) is 13.8 Å². The van der Waals surface area contributed by atoms with Crippen molar-refractivity contribution in [1.82, 2.24) is 9.13 Å². The number of nitrogens with zero attached hydrogens (tertiary/aromatic N) is 2. The minimum atomic E-state index is -0.354. The van der Waals surface area contributed by atoms with Crippen LogP contribution in [-0.4, -0.2) is 9.13 Å². The summed E-state index contributed by atoms with van der Waals surface area (Å²) >= 11 is 0. The maximum atomic E-state index is 12.6. The van der Waals surface area contributed by atoms with E-state index in [9.17, 15) is 19.2 Å². The Morgan fingerprint density at radius 2 is 0.917 bits per heavy atom. The predicted molar refractivity (Wildman–Crippen MR) is 93.7 cm³/mol. The van der Waals surface area contributed by atoms with E-state index in [4.69, 9.17) is 0 Å². The maximum absolute atomic E-state index is 12.6. The fraction of sp³-hybridized carbons (Fsp3) is 0.222. The molecule has 24 heavy (non-hydrogen) atoms.